The summed E-state index contributed by atoms with van der Waals surface area (Å²) in [6.45, 7) is -0.0792. The Kier molecular flexibility index (Phi) is 6.32. The molecule has 0 radical (unpaired) electrons. The molecule has 0 fully saturated rings. The molecule has 8 heteroatoms. The Morgan fingerprint density at radius 3 is 2.59 bits per heavy atom. The molecule has 1 aromatic heterocycles. The van der Waals surface area contributed by atoms with Gasteiger partial charge in [-0.25, -0.2) is 0 Å². The van der Waals surface area contributed by atoms with E-state index < -0.39 is 0 Å². The number of esters is 1. The second kappa shape index (κ2) is 9.09. The second-order valence-electron chi connectivity index (χ2n) is 5.34. The van der Waals surface area contributed by atoms with E-state index >= 15 is 0 Å². The lowest BCUT2D eigenvalue weighted by Crippen LogP contribution is -2.07. The first kappa shape index (κ1) is 18.8. The first-order valence-corrected chi connectivity index (χ1v) is 9.06. The average Bonchev–Trinajstić information content (AvgIpc) is 3.20. The van der Waals surface area contributed by atoms with E-state index in [1.54, 1.807) is 14.2 Å². The molecule has 7 nitrogen and oxygen atoms in total. The Balaban J connectivity index is 1.51. The van der Waals surface area contributed by atoms with Gasteiger partial charge in [0.05, 0.1) is 25.5 Å². The van der Waals surface area contributed by atoms with E-state index in [1.807, 2.05) is 48.5 Å². The Morgan fingerprint density at radius 1 is 1.07 bits per heavy atom. The number of benzene rings is 2. The van der Waals surface area contributed by atoms with Crippen LogP contribution in [0.15, 0.2) is 57.9 Å². The summed E-state index contributed by atoms with van der Waals surface area (Å²) in [5.41, 5.74) is 0.705. The van der Waals surface area contributed by atoms with Crippen molar-refractivity contribution >= 4 is 17.7 Å². The topological polar surface area (TPSA) is 83.7 Å². The number of rotatable bonds is 8. The number of thioether (sulfide) groups is 1. The van der Waals surface area contributed by atoms with Gasteiger partial charge in [0.15, 0.2) is 6.61 Å². The number of nitrogens with zero attached hydrogens (tertiary/aromatic N) is 2. The van der Waals surface area contributed by atoms with Crippen LogP contribution < -0.4 is 9.47 Å². The van der Waals surface area contributed by atoms with Crippen molar-refractivity contribution < 1.29 is 23.5 Å². The SMILES string of the molecule is COc1ccc(SCC(=O)OCc2nc(-c3ccccc3OC)no2)cc1. The number of carbonyl (C=O) groups excluding carboxylic acids is 1. The molecule has 3 rings (SSSR count). The van der Waals surface area contributed by atoms with E-state index in [1.165, 1.54) is 11.8 Å². The van der Waals surface area contributed by atoms with E-state index in [9.17, 15) is 4.79 Å². The first-order chi connectivity index (χ1) is 13.2. The van der Waals surface area contributed by atoms with E-state index in [2.05, 4.69) is 10.1 Å². The fraction of sp³-hybridized carbons (Fsp3) is 0.211. The summed E-state index contributed by atoms with van der Waals surface area (Å²) in [7, 11) is 3.18. The minimum Gasteiger partial charge on any atom is -0.497 e. The van der Waals surface area contributed by atoms with Crippen molar-refractivity contribution in [3.8, 4) is 22.9 Å². The Morgan fingerprint density at radius 2 is 1.85 bits per heavy atom. The summed E-state index contributed by atoms with van der Waals surface area (Å²) in [6, 6.07) is 14.8. The molecule has 0 aliphatic heterocycles. The zero-order chi connectivity index (χ0) is 19.1. The van der Waals surface area contributed by atoms with Crippen LogP contribution in [0.5, 0.6) is 11.5 Å². The van der Waals surface area contributed by atoms with Gasteiger partial charge >= 0.3 is 5.97 Å². The molecule has 0 saturated heterocycles. The molecule has 140 valence electrons. The molecule has 0 bridgehead atoms. The maximum absolute atomic E-state index is 11.9. The summed E-state index contributed by atoms with van der Waals surface area (Å²) in [4.78, 5) is 17.1. The van der Waals surface area contributed by atoms with Crippen molar-refractivity contribution in [2.75, 3.05) is 20.0 Å². The van der Waals surface area contributed by atoms with Crippen LogP contribution >= 0.6 is 11.8 Å². The predicted molar refractivity (Wildman–Crippen MR) is 99.8 cm³/mol. The van der Waals surface area contributed by atoms with Crippen LogP contribution in [0.2, 0.25) is 0 Å². The minimum absolute atomic E-state index is 0.0792. The molecular formula is C19H18N2O5S. The van der Waals surface area contributed by atoms with Gasteiger partial charge in [0.25, 0.3) is 5.89 Å². The smallest absolute Gasteiger partial charge is 0.316 e. The molecule has 1 heterocycles. The zero-order valence-corrected chi connectivity index (χ0v) is 15.7. The molecule has 2 aromatic carbocycles. The Bertz CT molecular complexity index is 895. The van der Waals surface area contributed by atoms with Crippen LogP contribution in [0.4, 0.5) is 0 Å². The van der Waals surface area contributed by atoms with Gasteiger partial charge in [0.2, 0.25) is 5.82 Å². The Labute approximate surface area is 160 Å². The molecule has 0 saturated carbocycles. The molecule has 0 unspecified atom stereocenters. The summed E-state index contributed by atoms with van der Waals surface area (Å²) in [6.07, 6.45) is 0. The minimum atomic E-state index is -0.368. The van der Waals surface area contributed by atoms with Gasteiger partial charge in [-0.3, -0.25) is 4.79 Å². The van der Waals surface area contributed by atoms with Crippen molar-refractivity contribution in [2.45, 2.75) is 11.5 Å². The molecule has 3 aromatic rings. The maximum atomic E-state index is 11.9. The van der Waals surface area contributed by atoms with Gasteiger partial charge in [-0.1, -0.05) is 17.3 Å². The van der Waals surface area contributed by atoms with Crippen LogP contribution in [0.1, 0.15) is 5.89 Å². The summed E-state index contributed by atoms with van der Waals surface area (Å²) < 4.78 is 20.7. The lowest BCUT2D eigenvalue weighted by Gasteiger charge is -2.04. The highest BCUT2D eigenvalue weighted by Crippen LogP contribution is 2.27. The highest BCUT2D eigenvalue weighted by Gasteiger charge is 2.14. The summed E-state index contributed by atoms with van der Waals surface area (Å²) in [5, 5.41) is 3.91. The van der Waals surface area contributed by atoms with Crippen LogP contribution in [0.25, 0.3) is 11.4 Å². The molecular weight excluding hydrogens is 368 g/mol. The standard InChI is InChI=1S/C19H18N2O5S/c1-23-13-7-9-14(10-8-13)27-12-18(22)25-11-17-20-19(21-26-17)15-5-3-4-6-16(15)24-2/h3-10H,11-12H2,1-2H3. The van der Waals surface area contributed by atoms with E-state index in [0.29, 0.717) is 17.1 Å². The van der Waals surface area contributed by atoms with Crippen molar-refractivity contribution in [1.82, 2.24) is 10.1 Å². The van der Waals surface area contributed by atoms with Gasteiger partial charge < -0.3 is 18.7 Å². The zero-order valence-electron chi connectivity index (χ0n) is 14.9. The molecule has 0 amide bonds. The number of methoxy groups -OCH3 is 2. The van der Waals surface area contributed by atoms with Crippen LogP contribution in [-0.2, 0) is 16.1 Å². The van der Waals surface area contributed by atoms with E-state index in [-0.39, 0.29) is 24.2 Å². The summed E-state index contributed by atoms with van der Waals surface area (Å²) in [5.74, 6) is 1.82. The number of aromatic nitrogens is 2. The van der Waals surface area contributed by atoms with Gasteiger partial charge in [-0.15, -0.1) is 11.8 Å². The number of carbonyl (C=O) groups is 1. The number of hydrogen-bond acceptors (Lipinski definition) is 8. The van der Waals surface area contributed by atoms with Gasteiger partial charge in [-0.2, -0.15) is 4.98 Å². The predicted octanol–water partition coefficient (Wildman–Crippen LogP) is 3.59. The number of hydrogen-bond donors (Lipinski definition) is 0. The highest BCUT2D eigenvalue weighted by atomic mass is 32.2. The van der Waals surface area contributed by atoms with Gasteiger partial charge in [-0.05, 0) is 36.4 Å². The molecule has 0 N–H and O–H groups in total. The second-order valence-corrected chi connectivity index (χ2v) is 6.39. The molecule has 0 atom stereocenters. The monoisotopic (exact) mass is 386 g/mol. The average molecular weight is 386 g/mol. The van der Waals surface area contributed by atoms with Gasteiger partial charge in [0, 0.05) is 4.90 Å². The van der Waals surface area contributed by atoms with E-state index in [4.69, 9.17) is 18.7 Å². The number of ether oxygens (including phenoxy) is 3. The van der Waals surface area contributed by atoms with Crippen LogP contribution in [0, 0.1) is 0 Å². The fourth-order valence-electron chi connectivity index (χ4n) is 2.25. The quantitative estimate of drug-likeness (QED) is 0.429. The van der Waals surface area contributed by atoms with Crippen LogP contribution in [0.3, 0.4) is 0 Å². The maximum Gasteiger partial charge on any atom is 0.316 e. The lowest BCUT2D eigenvalue weighted by atomic mass is 10.2. The third-order valence-electron chi connectivity index (χ3n) is 3.59. The molecule has 0 aliphatic carbocycles. The highest BCUT2D eigenvalue weighted by molar-refractivity contribution is 8.00. The fourth-order valence-corrected chi connectivity index (χ4v) is 2.95. The Hall–Kier alpha value is -3.00. The van der Waals surface area contributed by atoms with Crippen molar-refractivity contribution in [2.24, 2.45) is 0 Å². The van der Waals surface area contributed by atoms with Crippen LogP contribution in [-0.4, -0.2) is 36.1 Å². The van der Waals surface area contributed by atoms with Gasteiger partial charge in [0.1, 0.15) is 11.5 Å². The lowest BCUT2D eigenvalue weighted by molar-refractivity contribution is -0.142. The van der Waals surface area contributed by atoms with Crippen molar-refractivity contribution in [3.05, 3.63) is 54.4 Å². The van der Waals surface area contributed by atoms with Crippen molar-refractivity contribution in [3.63, 3.8) is 0 Å². The third kappa shape index (κ3) is 5.01. The molecule has 27 heavy (non-hydrogen) atoms. The molecule has 0 aliphatic rings. The molecule has 0 spiro atoms. The largest absolute Gasteiger partial charge is 0.497 e. The van der Waals surface area contributed by atoms with Crippen molar-refractivity contribution in [1.29, 1.82) is 0 Å². The number of para-hydroxylation sites is 1. The first-order valence-electron chi connectivity index (χ1n) is 8.08. The third-order valence-corrected chi connectivity index (χ3v) is 4.57. The van der Waals surface area contributed by atoms with E-state index in [0.717, 1.165) is 10.6 Å². The summed E-state index contributed by atoms with van der Waals surface area (Å²) >= 11 is 1.38. The normalized spacial score (nSPS) is 10.4.